The number of thiazole rings is 2. The van der Waals surface area contributed by atoms with Crippen molar-refractivity contribution in [3.8, 4) is 0 Å². The van der Waals surface area contributed by atoms with E-state index < -0.39 is 24.3 Å². The molecule has 0 bridgehead atoms. The summed E-state index contributed by atoms with van der Waals surface area (Å²) in [6.45, 7) is 10.8. The van der Waals surface area contributed by atoms with Crippen LogP contribution in [0.15, 0.2) is 77.8 Å². The number of likely N-dealkylation sites (N-methyl/N-ethyl adjacent to an activating group) is 1. The molecule has 11 nitrogen and oxygen atoms in total. The minimum atomic E-state index is -0.792. The molecule has 4 amide bonds. The summed E-state index contributed by atoms with van der Waals surface area (Å²) >= 11 is 3.01. The number of nitrogens with one attached hydrogen (secondary N) is 2. The smallest absolute Gasteiger partial charge is 0.410 e. The number of carbonyl (C=O) groups excluding carboxylic acids is 3. The van der Waals surface area contributed by atoms with Gasteiger partial charge in [0.25, 0.3) is 0 Å². The van der Waals surface area contributed by atoms with Crippen LogP contribution in [0.2, 0.25) is 0 Å². The summed E-state index contributed by atoms with van der Waals surface area (Å²) in [5.41, 5.74) is 4.60. The van der Waals surface area contributed by atoms with E-state index in [4.69, 9.17) is 9.47 Å². The third-order valence-corrected chi connectivity index (χ3v) is 10.9. The van der Waals surface area contributed by atoms with Crippen molar-refractivity contribution in [3.05, 3.63) is 104 Å². The van der Waals surface area contributed by atoms with Crippen LogP contribution in [-0.2, 0) is 40.3 Å². The summed E-state index contributed by atoms with van der Waals surface area (Å²) in [6, 6.07) is 18.0. The first-order chi connectivity index (χ1) is 25.4. The maximum Gasteiger partial charge on any atom is 0.410 e. The van der Waals surface area contributed by atoms with Crippen LogP contribution in [0.4, 0.5) is 9.59 Å². The first kappa shape index (κ1) is 41.4. The quantitative estimate of drug-likeness (QED) is 0.103. The largest absolute Gasteiger partial charge is 0.444 e. The van der Waals surface area contributed by atoms with E-state index in [1.165, 1.54) is 11.3 Å². The van der Waals surface area contributed by atoms with Crippen LogP contribution in [0.5, 0.6) is 0 Å². The van der Waals surface area contributed by atoms with E-state index in [0.29, 0.717) is 38.3 Å². The second-order valence-corrected chi connectivity index (χ2v) is 15.7. The average Bonchev–Trinajstić information content (AvgIpc) is 3.85. The standard InChI is InChI=1S/C40H54N6O5S2/c1-8-50-35(34(20-30-17-13-10-14-18-30)46(7)40(49)51-24-33-22-41-26-53-33)21-31(19-29-15-11-9-12-16-29)42-37(47)36(27(2)3)44-39(48)45(6)23-32-25-52-38(43-32)28(4)5/h9-18,22,25-28,31,34-36H,8,19-21,23-24H2,1-7H3,(H,42,47)(H,44,48)/t31-,34-,35-,36-/m0/s1. The number of ether oxygens (including phenoxy) is 2. The monoisotopic (exact) mass is 762 g/mol. The zero-order chi connectivity index (χ0) is 38.3. The Hall–Kier alpha value is -4.33. The molecular formula is C40H54N6O5S2. The molecule has 0 saturated carbocycles. The number of urea groups is 1. The number of rotatable bonds is 19. The molecule has 4 rings (SSSR count). The van der Waals surface area contributed by atoms with Crippen LogP contribution < -0.4 is 10.6 Å². The van der Waals surface area contributed by atoms with Gasteiger partial charge in [0.1, 0.15) is 12.6 Å². The lowest BCUT2D eigenvalue weighted by molar-refractivity contribution is -0.125. The summed E-state index contributed by atoms with van der Waals surface area (Å²) in [5, 5.41) is 9.24. The molecule has 2 aromatic heterocycles. The Bertz CT molecular complexity index is 1690. The normalized spacial score (nSPS) is 13.6. The Balaban J connectivity index is 1.55. The lowest BCUT2D eigenvalue weighted by Crippen LogP contribution is -2.56. The van der Waals surface area contributed by atoms with Crippen LogP contribution in [0, 0.1) is 5.92 Å². The number of aromatic nitrogens is 2. The predicted octanol–water partition coefficient (Wildman–Crippen LogP) is 7.29. The van der Waals surface area contributed by atoms with Gasteiger partial charge in [0, 0.05) is 44.2 Å². The summed E-state index contributed by atoms with van der Waals surface area (Å²) in [6.07, 6.45) is 2.18. The number of benzene rings is 2. The first-order valence-corrected chi connectivity index (χ1v) is 19.9. The predicted molar refractivity (Wildman–Crippen MR) is 211 cm³/mol. The number of hydrogen-bond acceptors (Lipinski definition) is 9. The summed E-state index contributed by atoms with van der Waals surface area (Å²) in [5.74, 6) is -0.166. The highest BCUT2D eigenvalue weighted by Crippen LogP contribution is 2.23. The second-order valence-electron chi connectivity index (χ2n) is 13.9. The van der Waals surface area contributed by atoms with Gasteiger partial charge in [-0.1, -0.05) is 88.4 Å². The Morgan fingerprint density at radius 1 is 0.887 bits per heavy atom. The fraction of sp³-hybridized carbons (Fsp3) is 0.475. The molecule has 4 aromatic rings. The SMILES string of the molecule is CCO[C@@H](C[C@H](Cc1ccccc1)NC(=O)[C@@H](NC(=O)N(C)Cc1csc(C(C)C)n1)C(C)C)[C@H](Cc1ccccc1)N(C)C(=O)OCc1cncs1. The summed E-state index contributed by atoms with van der Waals surface area (Å²) in [7, 11) is 3.44. The molecule has 4 atom stereocenters. The average molecular weight is 763 g/mol. The molecule has 2 aromatic carbocycles. The van der Waals surface area contributed by atoms with Crippen LogP contribution in [0.25, 0.3) is 0 Å². The van der Waals surface area contributed by atoms with Crippen molar-refractivity contribution >= 4 is 40.7 Å². The van der Waals surface area contributed by atoms with Crippen molar-refractivity contribution in [2.24, 2.45) is 5.92 Å². The second kappa shape index (κ2) is 20.8. The van der Waals surface area contributed by atoms with Crippen molar-refractivity contribution in [2.45, 2.75) is 97.2 Å². The van der Waals surface area contributed by atoms with Gasteiger partial charge in [0.2, 0.25) is 5.91 Å². The molecule has 2 N–H and O–H groups in total. The third kappa shape index (κ3) is 12.9. The van der Waals surface area contributed by atoms with E-state index >= 15 is 0 Å². The van der Waals surface area contributed by atoms with Crippen molar-refractivity contribution in [2.75, 3.05) is 20.7 Å². The topological polar surface area (TPSA) is 126 Å². The number of amides is 4. The molecule has 0 radical (unpaired) electrons. The highest BCUT2D eigenvalue weighted by Gasteiger charge is 2.34. The van der Waals surface area contributed by atoms with E-state index in [2.05, 4.69) is 34.4 Å². The van der Waals surface area contributed by atoms with E-state index in [0.717, 1.165) is 26.7 Å². The Kier molecular flexibility index (Phi) is 16.2. The molecular weight excluding hydrogens is 709 g/mol. The molecule has 13 heteroatoms. The van der Waals surface area contributed by atoms with Gasteiger partial charge in [-0.3, -0.25) is 9.78 Å². The molecule has 0 fully saturated rings. The van der Waals surface area contributed by atoms with Gasteiger partial charge in [0.15, 0.2) is 0 Å². The lowest BCUT2D eigenvalue weighted by Gasteiger charge is -2.36. The molecule has 53 heavy (non-hydrogen) atoms. The molecule has 0 aliphatic heterocycles. The number of hydrogen-bond donors (Lipinski definition) is 2. The van der Waals surface area contributed by atoms with Gasteiger partial charge in [-0.05, 0) is 43.2 Å². The highest BCUT2D eigenvalue weighted by atomic mass is 32.1. The maximum atomic E-state index is 14.1. The van der Waals surface area contributed by atoms with E-state index in [1.54, 1.807) is 46.9 Å². The van der Waals surface area contributed by atoms with Crippen LogP contribution >= 0.6 is 22.7 Å². The van der Waals surface area contributed by atoms with E-state index in [-0.39, 0.29) is 30.5 Å². The van der Waals surface area contributed by atoms with E-state index in [1.807, 2.05) is 86.8 Å². The van der Waals surface area contributed by atoms with Gasteiger partial charge in [0.05, 0.1) is 39.8 Å². The van der Waals surface area contributed by atoms with Crippen molar-refractivity contribution in [3.63, 3.8) is 0 Å². The molecule has 0 unspecified atom stereocenters. The third-order valence-electron chi connectivity index (χ3n) is 8.93. The fourth-order valence-electron chi connectivity index (χ4n) is 6.02. The van der Waals surface area contributed by atoms with Crippen LogP contribution in [0.1, 0.15) is 73.7 Å². The van der Waals surface area contributed by atoms with Crippen LogP contribution in [-0.4, -0.2) is 82.7 Å². The molecule has 286 valence electrons. The zero-order valence-electron chi connectivity index (χ0n) is 31.9. The Morgan fingerprint density at radius 2 is 1.55 bits per heavy atom. The number of nitrogens with zero attached hydrogens (tertiary/aromatic N) is 4. The summed E-state index contributed by atoms with van der Waals surface area (Å²) in [4.78, 5) is 53.8. The Morgan fingerprint density at radius 3 is 2.11 bits per heavy atom. The van der Waals surface area contributed by atoms with Gasteiger partial charge < -0.3 is 29.9 Å². The van der Waals surface area contributed by atoms with Crippen molar-refractivity contribution in [1.82, 2.24) is 30.4 Å². The molecule has 0 aliphatic carbocycles. The highest BCUT2D eigenvalue weighted by molar-refractivity contribution is 7.09. The summed E-state index contributed by atoms with van der Waals surface area (Å²) < 4.78 is 12.1. The zero-order valence-corrected chi connectivity index (χ0v) is 33.5. The van der Waals surface area contributed by atoms with Crippen molar-refractivity contribution in [1.29, 1.82) is 0 Å². The molecule has 2 heterocycles. The lowest BCUT2D eigenvalue weighted by atomic mass is 9.92. The molecule has 0 saturated heterocycles. The fourth-order valence-corrected chi connectivity index (χ4v) is 7.36. The number of carbonyl (C=O) groups is 3. The van der Waals surface area contributed by atoms with Gasteiger partial charge in [-0.25, -0.2) is 14.6 Å². The first-order valence-electron chi connectivity index (χ1n) is 18.2. The van der Waals surface area contributed by atoms with Gasteiger partial charge in [-0.15, -0.1) is 22.7 Å². The Labute approximate surface area is 322 Å². The minimum absolute atomic E-state index is 0.123. The van der Waals surface area contributed by atoms with Gasteiger partial charge in [-0.2, -0.15) is 0 Å². The minimum Gasteiger partial charge on any atom is -0.444 e. The van der Waals surface area contributed by atoms with E-state index in [9.17, 15) is 14.4 Å². The van der Waals surface area contributed by atoms with Crippen molar-refractivity contribution < 1.29 is 23.9 Å². The maximum absolute atomic E-state index is 14.1. The molecule has 0 aliphatic rings. The molecule has 0 spiro atoms. The van der Waals surface area contributed by atoms with Gasteiger partial charge >= 0.3 is 12.1 Å². The van der Waals surface area contributed by atoms with Crippen LogP contribution in [0.3, 0.4) is 0 Å².